The van der Waals surface area contributed by atoms with Crippen LogP contribution in [-0.4, -0.2) is 14.9 Å². The second kappa shape index (κ2) is 5.54. The molecule has 8 N–H and O–H groups in total. The maximum atomic E-state index is 11.2. The molecule has 11 nitrogen and oxygen atoms in total. The van der Waals surface area contributed by atoms with Crippen LogP contribution in [0, 0.1) is 5.21 Å². The molecular weight excluding hydrogens is 280 g/mol. The van der Waals surface area contributed by atoms with E-state index in [1.165, 1.54) is 24.3 Å². The van der Waals surface area contributed by atoms with Crippen LogP contribution < -0.4 is 28.2 Å². The van der Waals surface area contributed by atoms with Gasteiger partial charge in [-0.15, -0.1) is 5.11 Å². The van der Waals surface area contributed by atoms with Gasteiger partial charge in [-0.05, 0) is 12.1 Å². The van der Waals surface area contributed by atoms with Crippen LogP contribution in [0.2, 0.25) is 0 Å². The average Bonchev–Trinajstić information content (AvgIpc) is 2.45. The zero-order valence-corrected chi connectivity index (χ0v) is 10.6. The second-order valence-electron chi connectivity index (χ2n) is 3.94. The molecule has 110 valence electrons. The number of nitrogens with two attached hydrogens (primary N) is 3. The van der Waals surface area contributed by atoms with Crippen LogP contribution >= 0.6 is 0 Å². The standard InChI is InChI=1S/C10H12N8O3/c11-8-7(9(12)17(13)10(19)14-8)16-15-5-1-3-6(4-2-5)18(20)21/h1-4,18,20H,12-13H2,(H2,11,14,19). The fourth-order valence-corrected chi connectivity index (χ4v) is 1.44. The monoisotopic (exact) mass is 292 g/mol. The summed E-state index contributed by atoms with van der Waals surface area (Å²) < 4.78 is 0.595. The van der Waals surface area contributed by atoms with Crippen LogP contribution in [0.4, 0.5) is 28.7 Å². The number of benzene rings is 1. The smallest absolute Gasteiger partial charge is 0.369 e. The number of anilines is 2. The molecule has 2 rings (SSSR count). The minimum absolute atomic E-state index is 0.0422. The first kappa shape index (κ1) is 14.4. The van der Waals surface area contributed by atoms with E-state index in [9.17, 15) is 10.0 Å². The number of quaternary nitrogens is 1. The molecule has 1 heterocycles. The minimum Gasteiger partial charge on any atom is -0.595 e. The molecule has 21 heavy (non-hydrogen) atoms. The van der Waals surface area contributed by atoms with Crippen LogP contribution in [0.15, 0.2) is 39.3 Å². The zero-order valence-electron chi connectivity index (χ0n) is 10.6. The lowest BCUT2D eigenvalue weighted by Gasteiger charge is -2.10. The number of rotatable bonds is 3. The number of nitrogens with zero attached hydrogens (tertiary/aromatic N) is 4. The molecule has 11 heteroatoms. The summed E-state index contributed by atoms with van der Waals surface area (Å²) in [6.07, 6.45) is 0. The molecule has 1 unspecified atom stereocenters. The molecule has 0 radical (unpaired) electrons. The summed E-state index contributed by atoms with van der Waals surface area (Å²) in [6, 6.07) is 5.63. The molecule has 1 aromatic heterocycles. The van der Waals surface area contributed by atoms with Gasteiger partial charge in [0.25, 0.3) is 0 Å². The number of hydrogen-bond acceptors (Lipinski definition) is 9. The minimum atomic E-state index is -1.05. The van der Waals surface area contributed by atoms with Crippen LogP contribution in [0.5, 0.6) is 0 Å². The number of azo groups is 1. The normalized spacial score (nSPS) is 12.7. The summed E-state index contributed by atoms with van der Waals surface area (Å²) in [4.78, 5) is 14.7. The Labute approximate surface area is 117 Å². The number of hydrogen-bond donors (Lipinski definition) is 5. The van der Waals surface area contributed by atoms with Crippen molar-refractivity contribution in [3.8, 4) is 0 Å². The molecule has 0 saturated carbocycles. The summed E-state index contributed by atoms with van der Waals surface area (Å²) >= 11 is 0. The van der Waals surface area contributed by atoms with E-state index in [-0.39, 0.29) is 23.0 Å². The van der Waals surface area contributed by atoms with Crippen molar-refractivity contribution >= 4 is 28.7 Å². The van der Waals surface area contributed by atoms with Crippen molar-refractivity contribution in [2.24, 2.45) is 10.2 Å². The van der Waals surface area contributed by atoms with Gasteiger partial charge in [-0.1, -0.05) is 0 Å². The number of nitrogens with one attached hydrogen (secondary N) is 1. The van der Waals surface area contributed by atoms with Crippen molar-refractivity contribution in [1.29, 1.82) is 0 Å². The Balaban J connectivity index is 2.34. The molecule has 0 fully saturated rings. The molecule has 0 saturated heterocycles. The average molecular weight is 292 g/mol. The van der Waals surface area contributed by atoms with Gasteiger partial charge in [-0.3, -0.25) is 0 Å². The highest BCUT2D eigenvalue weighted by Crippen LogP contribution is 2.27. The fraction of sp³-hybridized carbons (Fsp3) is 0. The largest absolute Gasteiger partial charge is 0.595 e. The lowest BCUT2D eigenvalue weighted by Crippen LogP contribution is -2.99. The van der Waals surface area contributed by atoms with Crippen molar-refractivity contribution < 1.29 is 10.4 Å². The Bertz CT molecular complexity index is 737. The van der Waals surface area contributed by atoms with Gasteiger partial charge in [-0.2, -0.15) is 20.0 Å². The van der Waals surface area contributed by atoms with E-state index in [2.05, 4.69) is 15.2 Å². The molecular formula is C10H12N8O3. The first-order valence-corrected chi connectivity index (χ1v) is 5.58. The molecule has 0 aliphatic heterocycles. The maximum absolute atomic E-state index is 11.2. The predicted molar refractivity (Wildman–Crippen MR) is 73.9 cm³/mol. The van der Waals surface area contributed by atoms with E-state index in [0.717, 1.165) is 0 Å². The molecule has 1 atom stereocenters. The van der Waals surface area contributed by atoms with Crippen molar-refractivity contribution in [1.82, 2.24) is 9.66 Å². The molecule has 2 aromatic rings. The van der Waals surface area contributed by atoms with Crippen LogP contribution in [0.25, 0.3) is 0 Å². The Morgan fingerprint density at radius 1 is 1.24 bits per heavy atom. The summed E-state index contributed by atoms with van der Waals surface area (Å²) in [5.74, 6) is 4.98. The van der Waals surface area contributed by atoms with E-state index in [4.69, 9.17) is 22.5 Å². The first-order valence-electron chi connectivity index (χ1n) is 5.58. The van der Waals surface area contributed by atoms with Crippen molar-refractivity contribution in [2.75, 3.05) is 17.3 Å². The second-order valence-corrected chi connectivity index (χ2v) is 3.94. The third-order valence-corrected chi connectivity index (χ3v) is 2.55. The third-order valence-electron chi connectivity index (χ3n) is 2.55. The third kappa shape index (κ3) is 2.94. The molecule has 0 aliphatic carbocycles. The zero-order chi connectivity index (χ0) is 15.6. The van der Waals surface area contributed by atoms with Gasteiger partial charge in [0, 0.05) is 12.1 Å². The van der Waals surface area contributed by atoms with Gasteiger partial charge >= 0.3 is 5.69 Å². The molecule has 0 amide bonds. The van der Waals surface area contributed by atoms with Gasteiger partial charge < -0.3 is 22.5 Å². The Kier molecular flexibility index (Phi) is 3.80. The molecule has 1 aromatic carbocycles. The highest BCUT2D eigenvalue weighted by molar-refractivity contribution is 5.70. The van der Waals surface area contributed by atoms with Gasteiger partial charge in [0.15, 0.2) is 23.0 Å². The van der Waals surface area contributed by atoms with Gasteiger partial charge in [0.05, 0.1) is 5.69 Å². The van der Waals surface area contributed by atoms with E-state index >= 15 is 0 Å². The van der Waals surface area contributed by atoms with Gasteiger partial charge in [0.2, 0.25) is 0 Å². The highest BCUT2D eigenvalue weighted by Gasteiger charge is 2.11. The first-order chi connectivity index (χ1) is 9.90. The Morgan fingerprint density at radius 3 is 2.43 bits per heavy atom. The van der Waals surface area contributed by atoms with E-state index in [1.807, 2.05) is 0 Å². The maximum Gasteiger partial charge on any atom is 0.369 e. The summed E-state index contributed by atoms with van der Waals surface area (Å²) in [5.41, 5.74) is 10.8. The fourth-order valence-electron chi connectivity index (χ4n) is 1.44. The van der Waals surface area contributed by atoms with Crippen LogP contribution in [0.3, 0.4) is 0 Å². The van der Waals surface area contributed by atoms with Crippen molar-refractivity contribution in [3.05, 3.63) is 40.0 Å². The lowest BCUT2D eigenvalue weighted by atomic mass is 10.3. The topological polar surface area (TPSA) is 185 Å². The SMILES string of the molecule is Nc1nc(=O)n(N)c(N)c1N=Nc1ccc([NH+]([O-])O)cc1. The quantitative estimate of drug-likeness (QED) is 0.271. The van der Waals surface area contributed by atoms with E-state index in [1.54, 1.807) is 0 Å². The summed E-state index contributed by atoms with van der Waals surface area (Å²) in [5, 5.41) is 26.0. The van der Waals surface area contributed by atoms with Gasteiger partial charge in [0.1, 0.15) is 0 Å². The molecule has 0 spiro atoms. The summed E-state index contributed by atoms with van der Waals surface area (Å²) in [7, 11) is 0. The lowest BCUT2D eigenvalue weighted by molar-refractivity contribution is -0.991. The van der Waals surface area contributed by atoms with Crippen LogP contribution in [-0.2, 0) is 0 Å². The van der Waals surface area contributed by atoms with Crippen molar-refractivity contribution in [3.63, 3.8) is 0 Å². The molecule has 0 bridgehead atoms. The van der Waals surface area contributed by atoms with Crippen molar-refractivity contribution in [2.45, 2.75) is 0 Å². The number of nitrogen functional groups attached to an aromatic ring is 3. The number of aromatic nitrogens is 2. The molecule has 0 aliphatic rings. The van der Waals surface area contributed by atoms with E-state index < -0.39 is 10.9 Å². The van der Waals surface area contributed by atoms with Crippen LogP contribution in [0.1, 0.15) is 0 Å². The van der Waals surface area contributed by atoms with Gasteiger partial charge in [-0.25, -0.2) is 10.0 Å². The Morgan fingerprint density at radius 2 is 1.86 bits per heavy atom. The van der Waals surface area contributed by atoms with E-state index in [0.29, 0.717) is 10.4 Å². The summed E-state index contributed by atoms with van der Waals surface area (Å²) in [6.45, 7) is 0. The predicted octanol–water partition coefficient (Wildman–Crippen LogP) is -1.06. The highest BCUT2D eigenvalue weighted by atomic mass is 16.8. The Hall–Kier alpha value is -3.02.